The van der Waals surface area contributed by atoms with Crippen LogP contribution in [0.1, 0.15) is 43.7 Å². The number of allylic oxidation sites excluding steroid dienone is 1. The van der Waals surface area contributed by atoms with Gasteiger partial charge in [0, 0.05) is 5.41 Å². The van der Waals surface area contributed by atoms with Crippen molar-refractivity contribution in [1.29, 1.82) is 0 Å². The highest BCUT2D eigenvalue weighted by atomic mass is 16.4. The second-order valence-corrected chi connectivity index (χ2v) is 7.25. The standard InChI is InChI=1S/C21H23BO2/c1-3-15-10-11-21(14(2)12-15)19-7-5-4-6-17(19)18-9-8-16(22(23)24)13-20(18)21/h4-9,13,15,23-24H,2-3,10-12H2,1H3. The summed E-state index contributed by atoms with van der Waals surface area (Å²) in [6, 6.07) is 14.4. The summed E-state index contributed by atoms with van der Waals surface area (Å²) < 4.78 is 0. The first-order valence-electron chi connectivity index (χ1n) is 8.86. The Kier molecular flexibility index (Phi) is 3.67. The maximum atomic E-state index is 9.64. The Bertz CT molecular complexity index is 811. The van der Waals surface area contributed by atoms with Crippen molar-refractivity contribution < 1.29 is 10.0 Å². The molecule has 4 rings (SSSR count). The predicted molar refractivity (Wildman–Crippen MR) is 99.3 cm³/mol. The van der Waals surface area contributed by atoms with Crippen LogP contribution in [0.3, 0.4) is 0 Å². The van der Waals surface area contributed by atoms with E-state index in [0.717, 1.165) is 12.8 Å². The highest BCUT2D eigenvalue weighted by Gasteiger charge is 2.47. The van der Waals surface area contributed by atoms with Crippen LogP contribution in [-0.4, -0.2) is 17.2 Å². The summed E-state index contributed by atoms with van der Waals surface area (Å²) in [6.45, 7) is 6.75. The van der Waals surface area contributed by atoms with E-state index in [4.69, 9.17) is 0 Å². The molecule has 2 aliphatic carbocycles. The van der Waals surface area contributed by atoms with E-state index in [0.29, 0.717) is 11.4 Å². The van der Waals surface area contributed by atoms with Gasteiger partial charge in [-0.2, -0.15) is 0 Å². The Balaban J connectivity index is 1.95. The van der Waals surface area contributed by atoms with Gasteiger partial charge in [0.05, 0.1) is 0 Å². The van der Waals surface area contributed by atoms with Crippen LogP contribution in [0.2, 0.25) is 0 Å². The van der Waals surface area contributed by atoms with E-state index in [2.05, 4.69) is 37.8 Å². The molecule has 0 aromatic heterocycles. The fourth-order valence-electron chi connectivity index (χ4n) is 4.77. The maximum absolute atomic E-state index is 9.64. The lowest BCUT2D eigenvalue weighted by atomic mass is 9.61. The van der Waals surface area contributed by atoms with E-state index in [1.54, 1.807) is 0 Å². The van der Waals surface area contributed by atoms with Crippen molar-refractivity contribution in [3.05, 3.63) is 65.7 Å². The maximum Gasteiger partial charge on any atom is 0.488 e. The van der Waals surface area contributed by atoms with E-state index in [-0.39, 0.29) is 5.41 Å². The molecule has 2 unspecified atom stereocenters. The average molecular weight is 318 g/mol. The lowest BCUT2D eigenvalue weighted by molar-refractivity contribution is 0.338. The van der Waals surface area contributed by atoms with Crippen molar-refractivity contribution in [2.45, 2.75) is 38.0 Å². The first-order valence-corrected chi connectivity index (χ1v) is 8.86. The first kappa shape index (κ1) is 15.7. The first-order chi connectivity index (χ1) is 11.6. The van der Waals surface area contributed by atoms with Crippen LogP contribution in [0.5, 0.6) is 0 Å². The second-order valence-electron chi connectivity index (χ2n) is 7.25. The van der Waals surface area contributed by atoms with E-state index < -0.39 is 7.12 Å². The summed E-state index contributed by atoms with van der Waals surface area (Å²) in [4.78, 5) is 0. The van der Waals surface area contributed by atoms with Crippen LogP contribution in [-0.2, 0) is 5.41 Å². The molecule has 1 spiro atoms. The molecule has 0 amide bonds. The Morgan fingerprint density at radius 1 is 1.12 bits per heavy atom. The average Bonchev–Trinajstić information content (AvgIpc) is 2.88. The fourth-order valence-corrected chi connectivity index (χ4v) is 4.77. The number of hydrogen-bond donors (Lipinski definition) is 2. The third kappa shape index (κ3) is 2.05. The Hall–Kier alpha value is -1.84. The Labute approximate surface area is 144 Å². The zero-order valence-corrected chi connectivity index (χ0v) is 14.1. The molecule has 2 N–H and O–H groups in total. The number of fused-ring (bicyclic) bond motifs is 5. The number of benzene rings is 2. The van der Waals surface area contributed by atoms with Crippen molar-refractivity contribution in [2.75, 3.05) is 0 Å². The molecule has 2 atom stereocenters. The van der Waals surface area contributed by atoms with E-state index in [1.165, 1.54) is 40.7 Å². The van der Waals surface area contributed by atoms with Gasteiger partial charge >= 0.3 is 7.12 Å². The molecule has 2 aliphatic rings. The van der Waals surface area contributed by atoms with E-state index in [9.17, 15) is 10.0 Å². The minimum atomic E-state index is -1.43. The second kappa shape index (κ2) is 5.61. The van der Waals surface area contributed by atoms with Crippen LogP contribution in [0.25, 0.3) is 11.1 Å². The molecule has 1 saturated carbocycles. The van der Waals surface area contributed by atoms with Gasteiger partial charge < -0.3 is 10.0 Å². The van der Waals surface area contributed by atoms with Gasteiger partial charge in [0.25, 0.3) is 0 Å². The van der Waals surface area contributed by atoms with Crippen molar-refractivity contribution in [1.82, 2.24) is 0 Å². The smallest absolute Gasteiger partial charge is 0.423 e. The van der Waals surface area contributed by atoms with Gasteiger partial charge in [0.15, 0.2) is 0 Å². The van der Waals surface area contributed by atoms with Crippen LogP contribution in [0, 0.1) is 5.92 Å². The predicted octanol–water partition coefficient (Wildman–Crippen LogP) is 3.40. The van der Waals surface area contributed by atoms with Gasteiger partial charge in [-0.05, 0) is 52.9 Å². The summed E-state index contributed by atoms with van der Waals surface area (Å²) >= 11 is 0. The largest absolute Gasteiger partial charge is 0.488 e. The summed E-state index contributed by atoms with van der Waals surface area (Å²) in [5, 5.41) is 19.3. The van der Waals surface area contributed by atoms with Gasteiger partial charge in [-0.1, -0.05) is 68.0 Å². The molecule has 0 saturated heterocycles. The van der Waals surface area contributed by atoms with Crippen LogP contribution in [0.15, 0.2) is 54.6 Å². The molecule has 1 fully saturated rings. The summed E-state index contributed by atoms with van der Waals surface area (Å²) in [7, 11) is -1.43. The van der Waals surface area contributed by atoms with Crippen molar-refractivity contribution in [2.24, 2.45) is 5.92 Å². The Morgan fingerprint density at radius 2 is 1.88 bits per heavy atom. The van der Waals surface area contributed by atoms with Crippen LogP contribution in [0.4, 0.5) is 0 Å². The van der Waals surface area contributed by atoms with Gasteiger partial charge in [-0.15, -0.1) is 0 Å². The molecular weight excluding hydrogens is 295 g/mol. The van der Waals surface area contributed by atoms with E-state index in [1.807, 2.05) is 18.2 Å². The van der Waals surface area contributed by atoms with E-state index >= 15 is 0 Å². The molecule has 3 heteroatoms. The van der Waals surface area contributed by atoms with Crippen LogP contribution < -0.4 is 5.46 Å². The lowest BCUT2D eigenvalue weighted by Crippen LogP contribution is -2.36. The molecule has 0 bridgehead atoms. The zero-order chi connectivity index (χ0) is 16.9. The summed E-state index contributed by atoms with van der Waals surface area (Å²) in [5.41, 5.74) is 6.69. The molecule has 2 aromatic rings. The minimum absolute atomic E-state index is 0.164. The SMILES string of the molecule is C=C1CC(CC)CCC12c1ccccc1-c1ccc(B(O)O)cc12. The molecule has 122 valence electrons. The summed E-state index contributed by atoms with van der Waals surface area (Å²) in [6.07, 6.45) is 4.49. The molecule has 2 nitrogen and oxygen atoms in total. The van der Waals surface area contributed by atoms with Gasteiger partial charge in [0.2, 0.25) is 0 Å². The monoisotopic (exact) mass is 318 g/mol. The number of hydrogen-bond acceptors (Lipinski definition) is 2. The minimum Gasteiger partial charge on any atom is -0.423 e. The summed E-state index contributed by atoms with van der Waals surface area (Å²) in [5.74, 6) is 0.714. The topological polar surface area (TPSA) is 40.5 Å². The molecule has 0 aliphatic heterocycles. The quantitative estimate of drug-likeness (QED) is 0.658. The van der Waals surface area contributed by atoms with Crippen molar-refractivity contribution >= 4 is 12.6 Å². The van der Waals surface area contributed by atoms with Crippen molar-refractivity contribution in [3.63, 3.8) is 0 Å². The third-order valence-electron chi connectivity index (χ3n) is 6.12. The van der Waals surface area contributed by atoms with Gasteiger partial charge in [-0.25, -0.2) is 0 Å². The third-order valence-corrected chi connectivity index (χ3v) is 6.12. The van der Waals surface area contributed by atoms with Crippen molar-refractivity contribution in [3.8, 4) is 11.1 Å². The molecule has 0 radical (unpaired) electrons. The van der Waals surface area contributed by atoms with Gasteiger partial charge in [0.1, 0.15) is 0 Å². The Morgan fingerprint density at radius 3 is 2.58 bits per heavy atom. The fraction of sp³-hybridized carbons (Fsp3) is 0.333. The van der Waals surface area contributed by atoms with Crippen LogP contribution >= 0.6 is 0 Å². The lowest BCUT2D eigenvalue weighted by Gasteiger charge is -2.41. The highest BCUT2D eigenvalue weighted by Crippen LogP contribution is 2.58. The highest BCUT2D eigenvalue weighted by molar-refractivity contribution is 6.58. The normalized spacial score (nSPS) is 24.8. The molecule has 2 aromatic carbocycles. The number of rotatable bonds is 2. The molecule has 0 heterocycles. The molecule has 24 heavy (non-hydrogen) atoms. The van der Waals surface area contributed by atoms with Gasteiger partial charge in [-0.3, -0.25) is 0 Å². The molecular formula is C21H23BO2. The zero-order valence-electron chi connectivity index (χ0n) is 14.1.